The Bertz CT molecular complexity index is 1140. The summed E-state index contributed by atoms with van der Waals surface area (Å²) in [5.74, 6) is 0.909. The maximum absolute atomic E-state index is 13.0. The summed E-state index contributed by atoms with van der Waals surface area (Å²) < 4.78 is 40.1. The molecule has 162 valence electrons. The molecular formula is C22H23N3O5S. The third kappa shape index (κ3) is 5.74. The van der Waals surface area contributed by atoms with Crippen LogP contribution in [-0.2, 0) is 10.0 Å². The predicted molar refractivity (Wildman–Crippen MR) is 119 cm³/mol. The second-order valence-corrected chi connectivity index (χ2v) is 8.15. The van der Waals surface area contributed by atoms with Crippen LogP contribution in [0.2, 0.25) is 0 Å². The number of para-hydroxylation sites is 1. The van der Waals surface area contributed by atoms with Gasteiger partial charge in [-0.15, -0.1) is 0 Å². The van der Waals surface area contributed by atoms with Crippen molar-refractivity contribution in [3.05, 3.63) is 83.3 Å². The topological polar surface area (TPSA) is 118 Å². The first kappa shape index (κ1) is 22.1. The van der Waals surface area contributed by atoms with E-state index in [0.717, 1.165) is 5.56 Å². The van der Waals surface area contributed by atoms with Crippen molar-refractivity contribution in [1.82, 2.24) is 0 Å². The van der Waals surface area contributed by atoms with Gasteiger partial charge in [0, 0.05) is 24.2 Å². The zero-order valence-corrected chi connectivity index (χ0v) is 17.7. The number of nitrogens with two attached hydrogens (primary N) is 1. The van der Waals surface area contributed by atoms with E-state index in [1.54, 1.807) is 54.6 Å². The molecule has 2 aromatic carbocycles. The molecule has 0 aliphatic rings. The van der Waals surface area contributed by atoms with Crippen LogP contribution >= 0.6 is 0 Å². The smallest absolute Gasteiger partial charge is 0.262 e. The number of nitrogens with one attached hydrogen (secondary N) is 1. The third-order valence-electron chi connectivity index (χ3n) is 4.32. The van der Waals surface area contributed by atoms with E-state index in [0.29, 0.717) is 21.8 Å². The maximum Gasteiger partial charge on any atom is 0.262 e. The Morgan fingerprint density at radius 1 is 1.06 bits per heavy atom. The molecule has 0 atom stereocenters. The van der Waals surface area contributed by atoms with Crippen LogP contribution in [0, 0.1) is 5.21 Å². The molecule has 3 N–H and O–H groups in total. The van der Waals surface area contributed by atoms with Crippen molar-refractivity contribution >= 4 is 27.9 Å². The Labute approximate surface area is 181 Å². The molecule has 0 radical (unpaired) electrons. The lowest BCUT2D eigenvalue weighted by molar-refractivity contribution is -0.605. The highest BCUT2D eigenvalue weighted by atomic mass is 32.2. The standard InChI is InChI=1S/C22H23N3O5S/c1-29-19-7-9-20(10-8-19)31(27,28)24-22-18(3-2-4-21(22)30-16-13-23)6-5-17-11-14-25(26)15-12-17/h2-12,14-15,24H,13,16,23H2,1H3/b6-5+. The molecule has 0 saturated heterocycles. The monoisotopic (exact) mass is 441 g/mol. The molecular weight excluding hydrogens is 418 g/mol. The number of anilines is 1. The van der Waals surface area contributed by atoms with Crippen LogP contribution in [0.1, 0.15) is 11.1 Å². The van der Waals surface area contributed by atoms with Crippen molar-refractivity contribution in [1.29, 1.82) is 0 Å². The second-order valence-electron chi connectivity index (χ2n) is 6.46. The summed E-state index contributed by atoms with van der Waals surface area (Å²) in [6.07, 6.45) is 6.28. The fraction of sp³-hybridized carbons (Fsp3) is 0.136. The van der Waals surface area contributed by atoms with Gasteiger partial charge in [0.2, 0.25) is 0 Å². The van der Waals surface area contributed by atoms with Gasteiger partial charge in [0.1, 0.15) is 18.1 Å². The second kappa shape index (κ2) is 9.96. The van der Waals surface area contributed by atoms with E-state index < -0.39 is 10.0 Å². The Morgan fingerprint density at radius 2 is 1.77 bits per heavy atom. The number of aromatic nitrogens is 1. The molecule has 3 aromatic rings. The number of hydrogen-bond donors (Lipinski definition) is 2. The number of benzene rings is 2. The molecule has 0 bridgehead atoms. The molecule has 0 aliphatic heterocycles. The molecule has 1 aromatic heterocycles. The normalized spacial score (nSPS) is 11.4. The Kier molecular flexibility index (Phi) is 7.11. The summed E-state index contributed by atoms with van der Waals surface area (Å²) >= 11 is 0. The molecule has 0 spiro atoms. The predicted octanol–water partition coefficient (Wildman–Crippen LogP) is 2.64. The molecule has 0 fully saturated rings. The summed E-state index contributed by atoms with van der Waals surface area (Å²) in [5.41, 5.74) is 7.20. The average molecular weight is 442 g/mol. The van der Waals surface area contributed by atoms with Crippen molar-refractivity contribution < 1.29 is 22.6 Å². The van der Waals surface area contributed by atoms with E-state index in [1.807, 2.05) is 0 Å². The van der Waals surface area contributed by atoms with Gasteiger partial charge in [0.05, 0.1) is 17.7 Å². The average Bonchev–Trinajstić information content (AvgIpc) is 2.78. The molecule has 0 unspecified atom stereocenters. The number of ether oxygens (including phenoxy) is 2. The summed E-state index contributed by atoms with van der Waals surface area (Å²) in [6.45, 7) is 0.510. The number of rotatable bonds is 9. The highest BCUT2D eigenvalue weighted by Gasteiger charge is 2.19. The van der Waals surface area contributed by atoms with E-state index in [-0.39, 0.29) is 23.7 Å². The van der Waals surface area contributed by atoms with E-state index in [1.165, 1.54) is 31.6 Å². The SMILES string of the molecule is COc1ccc(S(=O)(=O)Nc2c(/C=C/c3cc[n+]([O-])cc3)cccc2OCCN)cc1. The summed E-state index contributed by atoms with van der Waals surface area (Å²) in [4.78, 5) is 0.0833. The van der Waals surface area contributed by atoms with E-state index in [9.17, 15) is 13.6 Å². The zero-order valence-electron chi connectivity index (χ0n) is 16.9. The van der Waals surface area contributed by atoms with Crippen LogP contribution in [0.3, 0.4) is 0 Å². The molecule has 0 aliphatic carbocycles. The number of hydrogen-bond acceptors (Lipinski definition) is 6. The van der Waals surface area contributed by atoms with Gasteiger partial charge >= 0.3 is 0 Å². The Balaban J connectivity index is 1.97. The quantitative estimate of drug-likeness (QED) is 0.389. The zero-order chi connectivity index (χ0) is 22.3. The van der Waals surface area contributed by atoms with Crippen molar-refractivity contribution in [2.45, 2.75) is 4.90 Å². The van der Waals surface area contributed by atoms with E-state index >= 15 is 0 Å². The van der Waals surface area contributed by atoms with Gasteiger partial charge in [-0.25, -0.2) is 8.42 Å². The first-order valence-corrected chi connectivity index (χ1v) is 10.9. The van der Waals surface area contributed by atoms with Crippen LogP contribution in [0.15, 0.2) is 71.9 Å². The van der Waals surface area contributed by atoms with Crippen molar-refractivity contribution in [3.63, 3.8) is 0 Å². The van der Waals surface area contributed by atoms with E-state index in [4.69, 9.17) is 15.2 Å². The first-order valence-electron chi connectivity index (χ1n) is 9.42. The highest BCUT2D eigenvalue weighted by molar-refractivity contribution is 7.92. The first-order chi connectivity index (χ1) is 14.9. The van der Waals surface area contributed by atoms with Crippen LogP contribution in [0.25, 0.3) is 12.2 Å². The highest BCUT2D eigenvalue weighted by Crippen LogP contribution is 2.32. The maximum atomic E-state index is 13.0. The lowest BCUT2D eigenvalue weighted by Gasteiger charge is -2.16. The van der Waals surface area contributed by atoms with Crippen molar-refractivity contribution in [3.8, 4) is 11.5 Å². The van der Waals surface area contributed by atoms with Crippen molar-refractivity contribution in [2.24, 2.45) is 5.73 Å². The van der Waals surface area contributed by atoms with E-state index in [2.05, 4.69) is 4.72 Å². The molecule has 0 amide bonds. The number of sulfonamides is 1. The minimum atomic E-state index is -3.89. The van der Waals surface area contributed by atoms with Gasteiger partial charge in [-0.2, -0.15) is 4.73 Å². The summed E-state index contributed by atoms with van der Waals surface area (Å²) in [5, 5.41) is 11.2. The van der Waals surface area contributed by atoms with Gasteiger partial charge in [-0.3, -0.25) is 4.72 Å². The minimum Gasteiger partial charge on any atom is -0.619 e. The summed E-state index contributed by atoms with van der Waals surface area (Å²) in [7, 11) is -2.38. The van der Waals surface area contributed by atoms with Gasteiger partial charge < -0.3 is 20.4 Å². The molecule has 0 saturated carbocycles. The lowest BCUT2D eigenvalue weighted by Crippen LogP contribution is -2.23. The van der Waals surface area contributed by atoms with Crippen LogP contribution < -0.4 is 24.7 Å². The molecule has 8 nitrogen and oxygen atoms in total. The molecule has 9 heteroatoms. The minimum absolute atomic E-state index is 0.0833. The molecule has 1 heterocycles. The van der Waals surface area contributed by atoms with Crippen molar-refractivity contribution in [2.75, 3.05) is 25.0 Å². The van der Waals surface area contributed by atoms with Crippen LogP contribution in [-0.4, -0.2) is 28.7 Å². The number of methoxy groups -OCH3 is 1. The Morgan fingerprint density at radius 3 is 2.42 bits per heavy atom. The third-order valence-corrected chi connectivity index (χ3v) is 5.69. The summed E-state index contributed by atoms with van der Waals surface area (Å²) in [6, 6.07) is 14.6. The number of nitrogens with zero attached hydrogens (tertiary/aromatic N) is 1. The van der Waals surface area contributed by atoms with Gasteiger partial charge in [-0.05, 0) is 35.9 Å². The fourth-order valence-electron chi connectivity index (χ4n) is 2.75. The Hall–Kier alpha value is -3.56. The molecule has 3 rings (SSSR count). The van der Waals surface area contributed by atoms with Crippen LogP contribution in [0.4, 0.5) is 5.69 Å². The number of pyridine rings is 1. The fourth-order valence-corrected chi connectivity index (χ4v) is 3.85. The molecule has 31 heavy (non-hydrogen) atoms. The van der Waals surface area contributed by atoms with Crippen LogP contribution in [0.5, 0.6) is 11.5 Å². The van der Waals surface area contributed by atoms with Gasteiger partial charge in [0.15, 0.2) is 12.4 Å². The lowest BCUT2D eigenvalue weighted by atomic mass is 10.1. The van der Waals surface area contributed by atoms with Gasteiger partial charge in [-0.1, -0.05) is 24.3 Å². The largest absolute Gasteiger partial charge is 0.619 e. The van der Waals surface area contributed by atoms with Gasteiger partial charge in [0.25, 0.3) is 10.0 Å².